The van der Waals surface area contributed by atoms with Crippen LogP contribution in [0, 0.1) is 0 Å². The van der Waals surface area contributed by atoms with E-state index in [9.17, 15) is 4.79 Å². The topological polar surface area (TPSA) is 88.0 Å². The average molecular weight is 297 g/mol. The van der Waals surface area contributed by atoms with Gasteiger partial charge in [0.1, 0.15) is 11.5 Å². The molecule has 0 fully saturated rings. The molecule has 0 saturated carbocycles. The van der Waals surface area contributed by atoms with E-state index >= 15 is 0 Å². The fourth-order valence-electron chi connectivity index (χ4n) is 2.12. The Balaban J connectivity index is 2.82. The summed E-state index contributed by atoms with van der Waals surface area (Å²) in [5.41, 5.74) is 0.889. The quantitative estimate of drug-likeness (QED) is 0.560. The van der Waals surface area contributed by atoms with Crippen LogP contribution in [0.5, 0.6) is 11.5 Å². The van der Waals surface area contributed by atoms with Crippen LogP contribution in [-0.2, 0) is 11.2 Å². The summed E-state index contributed by atoms with van der Waals surface area (Å²) in [6.07, 6.45) is 1.11. The molecule has 1 aromatic rings. The summed E-state index contributed by atoms with van der Waals surface area (Å²) in [5.74, 6) is 0.545. The van der Waals surface area contributed by atoms with Crippen molar-refractivity contribution in [3.63, 3.8) is 0 Å². The molecular weight excluding hydrogens is 274 g/mol. The first kappa shape index (κ1) is 17.3. The zero-order valence-electron chi connectivity index (χ0n) is 12.5. The first-order valence-electron chi connectivity index (χ1n) is 6.87. The number of hydrogen-bond donors (Lipinski definition) is 3. The summed E-state index contributed by atoms with van der Waals surface area (Å²) in [7, 11) is 3.16. The minimum Gasteiger partial charge on any atom is -0.497 e. The Bertz CT molecular complexity index is 450. The largest absolute Gasteiger partial charge is 0.497 e. The van der Waals surface area contributed by atoms with Crippen molar-refractivity contribution in [3.8, 4) is 11.5 Å². The molecule has 1 aromatic carbocycles. The standard InChI is InChI=1S/C15H23NO5/c1-20-13-4-5-14(21-2)11(9-13)8-12(10-15(18)19)16-6-3-7-17/h4-5,9,12,16-17H,3,6-8,10H2,1-2H3,(H,18,19). The summed E-state index contributed by atoms with van der Waals surface area (Å²) in [4.78, 5) is 11.0. The molecule has 0 amide bonds. The van der Waals surface area contributed by atoms with Gasteiger partial charge < -0.3 is 25.0 Å². The molecule has 0 aliphatic heterocycles. The third-order valence-corrected chi connectivity index (χ3v) is 3.14. The van der Waals surface area contributed by atoms with Gasteiger partial charge in [-0.25, -0.2) is 0 Å². The smallest absolute Gasteiger partial charge is 0.304 e. The van der Waals surface area contributed by atoms with Gasteiger partial charge in [-0.3, -0.25) is 4.79 Å². The third-order valence-electron chi connectivity index (χ3n) is 3.14. The molecule has 0 radical (unpaired) electrons. The number of benzene rings is 1. The molecule has 21 heavy (non-hydrogen) atoms. The van der Waals surface area contributed by atoms with Crippen molar-refractivity contribution in [2.45, 2.75) is 25.3 Å². The number of carboxylic acids is 1. The molecule has 3 N–H and O–H groups in total. The zero-order chi connectivity index (χ0) is 15.7. The minimum absolute atomic E-state index is 0.00575. The number of nitrogens with one attached hydrogen (secondary N) is 1. The highest BCUT2D eigenvalue weighted by Gasteiger charge is 2.16. The van der Waals surface area contributed by atoms with E-state index in [0.717, 1.165) is 5.56 Å². The number of methoxy groups -OCH3 is 2. The molecule has 118 valence electrons. The lowest BCUT2D eigenvalue weighted by molar-refractivity contribution is -0.137. The number of aliphatic carboxylic acids is 1. The Morgan fingerprint density at radius 1 is 1.33 bits per heavy atom. The highest BCUT2D eigenvalue weighted by Crippen LogP contribution is 2.25. The van der Waals surface area contributed by atoms with E-state index in [1.807, 2.05) is 6.07 Å². The van der Waals surface area contributed by atoms with Gasteiger partial charge in [0.05, 0.1) is 20.6 Å². The first-order valence-corrected chi connectivity index (χ1v) is 6.87. The fourth-order valence-corrected chi connectivity index (χ4v) is 2.12. The van der Waals surface area contributed by atoms with Gasteiger partial charge in [-0.15, -0.1) is 0 Å². The molecule has 1 rings (SSSR count). The van der Waals surface area contributed by atoms with Crippen molar-refractivity contribution in [3.05, 3.63) is 23.8 Å². The Kier molecular flexibility index (Phi) is 7.56. The molecule has 0 aliphatic carbocycles. The van der Waals surface area contributed by atoms with Crippen LogP contribution in [-0.4, -0.2) is 49.6 Å². The van der Waals surface area contributed by atoms with Gasteiger partial charge in [-0.1, -0.05) is 0 Å². The Morgan fingerprint density at radius 2 is 2.10 bits per heavy atom. The number of hydrogen-bond acceptors (Lipinski definition) is 5. The first-order chi connectivity index (χ1) is 10.1. The summed E-state index contributed by atoms with van der Waals surface area (Å²) < 4.78 is 10.5. The lowest BCUT2D eigenvalue weighted by atomic mass is 10.0. The monoisotopic (exact) mass is 297 g/mol. The van der Waals surface area contributed by atoms with Crippen molar-refractivity contribution >= 4 is 5.97 Å². The molecule has 1 unspecified atom stereocenters. The van der Waals surface area contributed by atoms with Gasteiger partial charge >= 0.3 is 5.97 Å². The predicted octanol–water partition coefficient (Wildman–Crippen LogP) is 1.06. The molecule has 6 heteroatoms. The van der Waals surface area contributed by atoms with Gasteiger partial charge in [-0.05, 0) is 43.1 Å². The third kappa shape index (κ3) is 6.01. The molecule has 6 nitrogen and oxygen atoms in total. The number of ether oxygens (including phenoxy) is 2. The van der Waals surface area contributed by atoms with Gasteiger partial charge in [0.25, 0.3) is 0 Å². The van der Waals surface area contributed by atoms with Crippen LogP contribution in [0.4, 0.5) is 0 Å². The lowest BCUT2D eigenvalue weighted by Crippen LogP contribution is -2.34. The normalized spacial score (nSPS) is 12.0. The zero-order valence-corrected chi connectivity index (χ0v) is 12.5. The second-order valence-corrected chi connectivity index (χ2v) is 4.71. The van der Waals surface area contributed by atoms with Crippen molar-refractivity contribution < 1.29 is 24.5 Å². The van der Waals surface area contributed by atoms with Crippen molar-refractivity contribution in [2.24, 2.45) is 0 Å². The number of carboxylic acid groups (broad SMARTS) is 1. The molecule has 0 aliphatic rings. The van der Waals surface area contributed by atoms with Crippen molar-refractivity contribution in [2.75, 3.05) is 27.4 Å². The molecule has 0 heterocycles. The lowest BCUT2D eigenvalue weighted by Gasteiger charge is -2.19. The Hall–Kier alpha value is -1.79. The van der Waals surface area contributed by atoms with Crippen LogP contribution in [0.15, 0.2) is 18.2 Å². The van der Waals surface area contributed by atoms with E-state index in [4.69, 9.17) is 19.7 Å². The highest BCUT2D eigenvalue weighted by atomic mass is 16.5. The maximum Gasteiger partial charge on any atom is 0.304 e. The number of carbonyl (C=O) groups is 1. The maximum absolute atomic E-state index is 11.0. The molecule has 0 spiro atoms. The average Bonchev–Trinajstić information content (AvgIpc) is 2.46. The van der Waals surface area contributed by atoms with E-state index in [1.165, 1.54) is 0 Å². The van der Waals surface area contributed by atoms with Gasteiger partial charge in [-0.2, -0.15) is 0 Å². The Labute approximate surface area is 124 Å². The predicted molar refractivity (Wildman–Crippen MR) is 79.0 cm³/mol. The van der Waals surface area contributed by atoms with E-state index < -0.39 is 5.97 Å². The molecule has 1 atom stereocenters. The van der Waals surface area contributed by atoms with E-state index in [-0.39, 0.29) is 19.1 Å². The fraction of sp³-hybridized carbons (Fsp3) is 0.533. The van der Waals surface area contributed by atoms with Crippen LogP contribution in [0.2, 0.25) is 0 Å². The molecule has 0 bridgehead atoms. The van der Waals surface area contributed by atoms with E-state index in [0.29, 0.717) is 30.9 Å². The van der Waals surface area contributed by atoms with Crippen LogP contribution in [0.3, 0.4) is 0 Å². The van der Waals surface area contributed by atoms with Crippen molar-refractivity contribution in [1.82, 2.24) is 5.32 Å². The summed E-state index contributed by atoms with van der Waals surface area (Å²) in [6, 6.07) is 5.23. The maximum atomic E-state index is 11.0. The SMILES string of the molecule is COc1ccc(OC)c(CC(CC(=O)O)NCCCO)c1. The van der Waals surface area contributed by atoms with Crippen LogP contribution < -0.4 is 14.8 Å². The van der Waals surface area contributed by atoms with Gasteiger partial charge in [0.15, 0.2) is 0 Å². The summed E-state index contributed by atoms with van der Waals surface area (Å²) >= 11 is 0. The second kappa shape index (κ2) is 9.20. The molecular formula is C15H23NO5. The van der Waals surface area contributed by atoms with E-state index in [1.54, 1.807) is 26.4 Å². The summed E-state index contributed by atoms with van der Waals surface area (Å²) in [6.45, 7) is 0.649. The number of aliphatic hydroxyl groups excluding tert-OH is 1. The van der Waals surface area contributed by atoms with Crippen LogP contribution >= 0.6 is 0 Å². The number of aliphatic hydroxyl groups is 1. The second-order valence-electron chi connectivity index (χ2n) is 4.71. The summed E-state index contributed by atoms with van der Waals surface area (Å²) in [5, 5.41) is 21.0. The van der Waals surface area contributed by atoms with Crippen LogP contribution in [0.1, 0.15) is 18.4 Å². The number of rotatable bonds is 10. The van der Waals surface area contributed by atoms with E-state index in [2.05, 4.69) is 5.32 Å². The van der Waals surface area contributed by atoms with Gasteiger partial charge in [0, 0.05) is 12.6 Å². The van der Waals surface area contributed by atoms with Crippen LogP contribution in [0.25, 0.3) is 0 Å². The van der Waals surface area contributed by atoms with Gasteiger partial charge in [0.2, 0.25) is 0 Å². The molecule has 0 aromatic heterocycles. The molecule has 0 saturated heterocycles. The van der Waals surface area contributed by atoms with Crippen molar-refractivity contribution in [1.29, 1.82) is 0 Å². The Morgan fingerprint density at radius 3 is 2.67 bits per heavy atom. The highest BCUT2D eigenvalue weighted by molar-refractivity contribution is 5.67. The minimum atomic E-state index is -0.863.